The van der Waals surface area contributed by atoms with E-state index in [9.17, 15) is 0 Å². The zero-order valence-electron chi connectivity index (χ0n) is 23.6. The number of rotatable bonds is 11. The van der Waals surface area contributed by atoms with E-state index in [1.54, 1.807) is 7.11 Å². The summed E-state index contributed by atoms with van der Waals surface area (Å²) in [6.45, 7) is 1.46. The molecule has 42 heavy (non-hydrogen) atoms. The minimum absolute atomic E-state index is 0.323. The van der Waals surface area contributed by atoms with Crippen molar-refractivity contribution in [2.75, 3.05) is 13.7 Å². The van der Waals surface area contributed by atoms with Crippen LogP contribution < -0.4 is 4.74 Å². The lowest BCUT2D eigenvalue weighted by Crippen LogP contribution is -2.63. The zero-order chi connectivity index (χ0) is 28.6. The molecule has 0 radical (unpaired) electrons. The molecule has 218 valence electrons. The Bertz CT molecular complexity index is 1350. The summed E-state index contributed by atoms with van der Waals surface area (Å²) in [6, 6.07) is 37.9. The van der Waals surface area contributed by atoms with Gasteiger partial charge < -0.3 is 33.2 Å². The molecule has 0 aromatic heterocycles. The average Bonchev–Trinajstić information content (AvgIpc) is 3.06. The quantitative estimate of drug-likeness (QED) is 0.213. The Morgan fingerprint density at radius 2 is 1.12 bits per heavy atom. The summed E-state index contributed by atoms with van der Waals surface area (Å²) in [6.07, 6.45) is -3.18. The molecule has 0 bridgehead atoms. The third kappa shape index (κ3) is 7.07. The summed E-state index contributed by atoms with van der Waals surface area (Å²) in [7, 11) is 1.65. The first-order chi connectivity index (χ1) is 20.8. The Hall–Kier alpha value is -3.56. The van der Waals surface area contributed by atoms with E-state index in [2.05, 4.69) is 0 Å². The number of methoxy groups -OCH3 is 1. The van der Waals surface area contributed by atoms with Crippen molar-refractivity contribution in [3.8, 4) is 5.75 Å². The van der Waals surface area contributed by atoms with Crippen molar-refractivity contribution in [2.24, 2.45) is 0 Å². The van der Waals surface area contributed by atoms with E-state index in [-0.39, 0.29) is 0 Å². The van der Waals surface area contributed by atoms with Crippen LogP contribution in [0.3, 0.4) is 0 Å². The molecule has 6 atom stereocenters. The second-order valence-corrected chi connectivity index (χ2v) is 10.4. The first kappa shape index (κ1) is 28.6. The Balaban J connectivity index is 1.27. The van der Waals surface area contributed by atoms with E-state index >= 15 is 0 Å². The highest BCUT2D eigenvalue weighted by Gasteiger charge is 2.52. The minimum Gasteiger partial charge on any atom is -0.497 e. The normalized spacial score (nSPS) is 25.5. The van der Waals surface area contributed by atoms with Gasteiger partial charge in [-0.05, 0) is 28.8 Å². The summed E-state index contributed by atoms with van der Waals surface area (Å²) < 4.78 is 44.2. The van der Waals surface area contributed by atoms with Gasteiger partial charge in [-0.15, -0.1) is 0 Å². The van der Waals surface area contributed by atoms with Crippen molar-refractivity contribution in [3.05, 3.63) is 138 Å². The number of benzene rings is 4. The second-order valence-electron chi connectivity index (χ2n) is 10.4. The van der Waals surface area contributed by atoms with Crippen LogP contribution in [-0.4, -0.2) is 44.4 Å². The molecule has 2 aliphatic rings. The van der Waals surface area contributed by atoms with Crippen LogP contribution in [0.25, 0.3) is 0 Å². The number of ether oxygens (including phenoxy) is 7. The van der Waals surface area contributed by atoms with Gasteiger partial charge in [0.1, 0.15) is 30.2 Å². The van der Waals surface area contributed by atoms with Gasteiger partial charge in [0.2, 0.25) is 0 Å². The van der Waals surface area contributed by atoms with E-state index in [1.165, 1.54) is 0 Å². The Morgan fingerprint density at radius 1 is 0.595 bits per heavy atom. The predicted molar refractivity (Wildman–Crippen MR) is 156 cm³/mol. The minimum atomic E-state index is -0.694. The molecular formula is C35H36O7. The van der Waals surface area contributed by atoms with Crippen molar-refractivity contribution in [1.29, 1.82) is 0 Å². The van der Waals surface area contributed by atoms with Gasteiger partial charge in [-0.2, -0.15) is 0 Å². The largest absolute Gasteiger partial charge is 0.497 e. The lowest BCUT2D eigenvalue weighted by molar-refractivity contribution is -0.374. The maximum atomic E-state index is 6.66. The molecule has 4 aromatic rings. The molecule has 2 saturated heterocycles. The van der Waals surface area contributed by atoms with Gasteiger partial charge in [0, 0.05) is 5.56 Å². The van der Waals surface area contributed by atoms with Crippen LogP contribution in [0.15, 0.2) is 115 Å². The highest BCUT2D eigenvalue weighted by atomic mass is 16.8. The molecule has 4 aromatic carbocycles. The van der Waals surface area contributed by atoms with E-state index in [1.807, 2.05) is 115 Å². The highest BCUT2D eigenvalue weighted by Crippen LogP contribution is 2.38. The summed E-state index contributed by atoms with van der Waals surface area (Å²) in [5.41, 5.74) is 4.04. The Labute approximate surface area is 246 Å². The van der Waals surface area contributed by atoms with Crippen LogP contribution in [0.1, 0.15) is 28.5 Å². The van der Waals surface area contributed by atoms with E-state index in [4.69, 9.17) is 33.2 Å². The zero-order valence-corrected chi connectivity index (χ0v) is 23.6. The van der Waals surface area contributed by atoms with Crippen LogP contribution in [0.5, 0.6) is 5.75 Å². The third-order valence-corrected chi connectivity index (χ3v) is 7.50. The van der Waals surface area contributed by atoms with Gasteiger partial charge in [0.25, 0.3) is 0 Å². The lowest BCUT2D eigenvalue weighted by atomic mass is 9.97. The summed E-state index contributed by atoms with van der Waals surface area (Å²) >= 11 is 0. The highest BCUT2D eigenvalue weighted by molar-refractivity contribution is 5.28. The van der Waals surface area contributed by atoms with Crippen LogP contribution in [-0.2, 0) is 48.2 Å². The summed E-state index contributed by atoms with van der Waals surface area (Å²) in [4.78, 5) is 0. The lowest BCUT2D eigenvalue weighted by Gasteiger charge is -2.49. The molecule has 0 aliphatic carbocycles. The van der Waals surface area contributed by atoms with Gasteiger partial charge in [-0.25, -0.2) is 0 Å². The molecule has 0 amide bonds. The molecule has 2 fully saturated rings. The molecule has 0 spiro atoms. The van der Waals surface area contributed by atoms with Gasteiger partial charge >= 0.3 is 0 Å². The molecule has 7 heteroatoms. The maximum Gasteiger partial charge on any atom is 0.187 e. The van der Waals surface area contributed by atoms with Crippen molar-refractivity contribution < 1.29 is 33.2 Å². The van der Waals surface area contributed by atoms with Crippen LogP contribution in [0, 0.1) is 0 Å². The fraction of sp³-hybridized carbons (Fsp3) is 0.314. The molecule has 0 saturated carbocycles. The first-order valence-electron chi connectivity index (χ1n) is 14.3. The molecule has 2 heterocycles. The van der Waals surface area contributed by atoms with Gasteiger partial charge in [-0.3, -0.25) is 0 Å². The van der Waals surface area contributed by atoms with E-state index in [0.29, 0.717) is 26.4 Å². The second kappa shape index (κ2) is 14.1. The standard InChI is InChI=1S/C35H36O7/c1-36-29-19-17-28(18-20-29)34-40-24-30-31(42-34)32(37-21-25-11-5-2-6-12-25)33(38-22-26-13-7-3-8-14-26)35(41-30)39-23-27-15-9-4-10-16-27/h2-20,30-35H,21-24H2,1H3/t30-,31-,32+,33-,34+,35-/m1/s1. The molecular weight excluding hydrogens is 532 g/mol. The van der Waals surface area contributed by atoms with Crippen molar-refractivity contribution in [3.63, 3.8) is 0 Å². The first-order valence-corrected chi connectivity index (χ1v) is 14.3. The number of hydrogen-bond acceptors (Lipinski definition) is 7. The number of fused-ring (bicyclic) bond motifs is 1. The van der Waals surface area contributed by atoms with Crippen LogP contribution >= 0.6 is 0 Å². The number of hydrogen-bond donors (Lipinski definition) is 0. The Morgan fingerprint density at radius 3 is 1.67 bits per heavy atom. The van der Waals surface area contributed by atoms with Crippen molar-refractivity contribution >= 4 is 0 Å². The summed E-state index contributed by atoms with van der Waals surface area (Å²) in [5, 5.41) is 0. The average molecular weight is 569 g/mol. The smallest absolute Gasteiger partial charge is 0.187 e. The van der Waals surface area contributed by atoms with Gasteiger partial charge in [-0.1, -0.05) is 103 Å². The summed E-state index contributed by atoms with van der Waals surface area (Å²) in [5.74, 6) is 0.769. The molecule has 7 nitrogen and oxygen atoms in total. The predicted octanol–water partition coefficient (Wildman–Crippen LogP) is 6.22. The monoisotopic (exact) mass is 568 g/mol. The fourth-order valence-corrected chi connectivity index (χ4v) is 5.26. The topological polar surface area (TPSA) is 64.6 Å². The Kier molecular flexibility index (Phi) is 9.57. The maximum absolute atomic E-state index is 6.66. The van der Waals surface area contributed by atoms with Crippen LogP contribution in [0.2, 0.25) is 0 Å². The van der Waals surface area contributed by atoms with Crippen molar-refractivity contribution in [2.45, 2.75) is 56.8 Å². The van der Waals surface area contributed by atoms with Crippen LogP contribution in [0.4, 0.5) is 0 Å². The SMILES string of the molecule is COc1ccc([C@H]2OC[C@H]3O[C@@H](OCc4ccccc4)[C@H](OCc4ccccc4)[C@@H](OCc4ccccc4)[C@@H]3O2)cc1. The van der Waals surface area contributed by atoms with Crippen molar-refractivity contribution in [1.82, 2.24) is 0 Å². The fourth-order valence-electron chi connectivity index (χ4n) is 5.26. The van der Waals surface area contributed by atoms with Gasteiger partial charge in [0.05, 0.1) is 33.5 Å². The molecule has 2 aliphatic heterocycles. The van der Waals surface area contributed by atoms with Gasteiger partial charge in [0.15, 0.2) is 12.6 Å². The molecule has 0 unspecified atom stereocenters. The van der Waals surface area contributed by atoms with E-state index < -0.39 is 37.0 Å². The third-order valence-electron chi connectivity index (χ3n) is 7.50. The molecule has 6 rings (SSSR count). The molecule has 0 N–H and O–H groups in total. The van der Waals surface area contributed by atoms with E-state index in [0.717, 1.165) is 28.0 Å².